The number of amides is 2. The van der Waals surface area contributed by atoms with Crippen molar-refractivity contribution in [3.63, 3.8) is 0 Å². The predicted molar refractivity (Wildman–Crippen MR) is 144 cm³/mol. The molecule has 37 heavy (non-hydrogen) atoms. The van der Waals surface area contributed by atoms with Crippen LogP contribution in [0.2, 0.25) is 0 Å². The molecule has 1 aromatic heterocycles. The van der Waals surface area contributed by atoms with Crippen molar-refractivity contribution in [1.82, 2.24) is 9.88 Å². The molecule has 2 amide bonds. The second kappa shape index (κ2) is 11.4. The summed E-state index contributed by atoms with van der Waals surface area (Å²) in [6, 6.07) is 28.4. The Hall–Kier alpha value is -4.65. The molecule has 0 spiro atoms. The summed E-state index contributed by atoms with van der Waals surface area (Å²) in [4.78, 5) is 33.5. The van der Waals surface area contributed by atoms with Gasteiger partial charge in [-0.05, 0) is 66.2 Å². The van der Waals surface area contributed by atoms with E-state index in [1.54, 1.807) is 48.8 Å². The van der Waals surface area contributed by atoms with Crippen LogP contribution in [0.25, 0.3) is 0 Å². The van der Waals surface area contributed by atoms with Crippen LogP contribution in [0.4, 0.5) is 11.4 Å². The molecule has 1 fully saturated rings. The van der Waals surface area contributed by atoms with Gasteiger partial charge in [0, 0.05) is 55.5 Å². The van der Waals surface area contributed by atoms with Gasteiger partial charge in [0.25, 0.3) is 11.8 Å². The SMILES string of the molecule is O=C(Nc1ccc(N2CCN(C(=O)c3cccnc3)CC2)cc1)c1ccc(OCc2ccccc2)cc1. The van der Waals surface area contributed by atoms with Gasteiger partial charge in [0.05, 0.1) is 5.56 Å². The number of piperazine rings is 1. The normalized spacial score (nSPS) is 13.2. The van der Waals surface area contributed by atoms with Gasteiger partial charge in [0.2, 0.25) is 0 Å². The fourth-order valence-corrected chi connectivity index (χ4v) is 4.24. The highest BCUT2D eigenvalue weighted by Crippen LogP contribution is 2.21. The molecule has 0 atom stereocenters. The van der Waals surface area contributed by atoms with E-state index in [1.807, 2.05) is 59.5 Å². The highest BCUT2D eigenvalue weighted by molar-refractivity contribution is 6.04. The van der Waals surface area contributed by atoms with Gasteiger partial charge in [-0.15, -0.1) is 0 Å². The number of hydrogen-bond donors (Lipinski definition) is 1. The third-order valence-electron chi connectivity index (χ3n) is 6.33. The Labute approximate surface area is 216 Å². The zero-order valence-corrected chi connectivity index (χ0v) is 20.4. The number of anilines is 2. The molecule has 3 aromatic carbocycles. The quantitative estimate of drug-likeness (QED) is 0.398. The van der Waals surface area contributed by atoms with Crippen molar-refractivity contribution in [2.24, 2.45) is 0 Å². The summed E-state index contributed by atoms with van der Waals surface area (Å²) in [5, 5.41) is 2.95. The van der Waals surface area contributed by atoms with Crippen LogP contribution in [0.1, 0.15) is 26.3 Å². The van der Waals surface area contributed by atoms with Crippen molar-refractivity contribution in [3.8, 4) is 5.75 Å². The van der Waals surface area contributed by atoms with Crippen LogP contribution in [0.15, 0.2) is 103 Å². The molecule has 1 aliphatic rings. The van der Waals surface area contributed by atoms with Crippen LogP contribution >= 0.6 is 0 Å². The average Bonchev–Trinajstić information content (AvgIpc) is 2.97. The molecule has 7 heteroatoms. The largest absolute Gasteiger partial charge is 0.489 e. The molecule has 0 saturated carbocycles. The molecule has 4 aromatic rings. The smallest absolute Gasteiger partial charge is 0.255 e. The number of nitrogens with zero attached hydrogens (tertiary/aromatic N) is 3. The summed E-state index contributed by atoms with van der Waals surface area (Å²) >= 11 is 0. The van der Waals surface area contributed by atoms with Crippen LogP contribution in [-0.4, -0.2) is 47.9 Å². The minimum absolute atomic E-state index is 0.0154. The highest BCUT2D eigenvalue weighted by Gasteiger charge is 2.22. The third kappa shape index (κ3) is 6.13. The summed E-state index contributed by atoms with van der Waals surface area (Å²) in [6.07, 6.45) is 3.27. The summed E-state index contributed by atoms with van der Waals surface area (Å²) in [5.74, 6) is 0.554. The minimum atomic E-state index is -0.176. The lowest BCUT2D eigenvalue weighted by atomic mass is 10.2. The fraction of sp³-hybridized carbons (Fsp3) is 0.167. The number of hydrogen-bond acceptors (Lipinski definition) is 5. The first-order chi connectivity index (χ1) is 18.2. The lowest BCUT2D eigenvalue weighted by molar-refractivity contribution is 0.0746. The van der Waals surface area contributed by atoms with Gasteiger partial charge in [0.15, 0.2) is 0 Å². The molecule has 0 radical (unpaired) electrons. The van der Waals surface area contributed by atoms with Crippen molar-refractivity contribution in [3.05, 3.63) is 120 Å². The van der Waals surface area contributed by atoms with E-state index in [4.69, 9.17) is 4.74 Å². The second-order valence-corrected chi connectivity index (χ2v) is 8.82. The van der Waals surface area contributed by atoms with Gasteiger partial charge in [-0.2, -0.15) is 0 Å². The summed E-state index contributed by atoms with van der Waals surface area (Å²) < 4.78 is 5.80. The lowest BCUT2D eigenvalue weighted by Crippen LogP contribution is -2.48. The molecule has 5 rings (SSSR count). The van der Waals surface area contributed by atoms with Gasteiger partial charge >= 0.3 is 0 Å². The molecule has 186 valence electrons. The van der Waals surface area contributed by atoms with E-state index >= 15 is 0 Å². The number of aromatic nitrogens is 1. The monoisotopic (exact) mass is 492 g/mol. The van der Waals surface area contributed by atoms with E-state index in [0.29, 0.717) is 36.6 Å². The number of rotatable bonds is 7. The van der Waals surface area contributed by atoms with Crippen molar-refractivity contribution < 1.29 is 14.3 Å². The fourth-order valence-electron chi connectivity index (χ4n) is 4.24. The molecular formula is C30H28N4O3. The van der Waals surface area contributed by atoms with Gasteiger partial charge in [-0.25, -0.2) is 0 Å². The molecule has 1 aliphatic heterocycles. The van der Waals surface area contributed by atoms with E-state index in [2.05, 4.69) is 15.2 Å². The third-order valence-corrected chi connectivity index (χ3v) is 6.33. The first-order valence-electron chi connectivity index (χ1n) is 12.3. The van der Waals surface area contributed by atoms with Crippen molar-refractivity contribution in [1.29, 1.82) is 0 Å². The van der Waals surface area contributed by atoms with Gasteiger partial charge in [-0.3, -0.25) is 14.6 Å². The van der Waals surface area contributed by atoms with E-state index in [1.165, 1.54) is 0 Å². The first kappa shape index (κ1) is 24.1. The molecule has 1 N–H and O–H groups in total. The lowest BCUT2D eigenvalue weighted by Gasteiger charge is -2.36. The van der Waals surface area contributed by atoms with E-state index in [9.17, 15) is 9.59 Å². The van der Waals surface area contributed by atoms with E-state index < -0.39 is 0 Å². The Morgan fingerprint density at radius 2 is 1.51 bits per heavy atom. The maximum absolute atomic E-state index is 12.7. The van der Waals surface area contributed by atoms with Crippen LogP contribution in [0.5, 0.6) is 5.75 Å². The van der Waals surface area contributed by atoms with Crippen molar-refractivity contribution in [2.75, 3.05) is 36.4 Å². The van der Waals surface area contributed by atoms with Gasteiger partial charge in [0.1, 0.15) is 12.4 Å². The molecule has 0 bridgehead atoms. The Balaban J connectivity index is 1.11. The van der Waals surface area contributed by atoms with Crippen LogP contribution in [0.3, 0.4) is 0 Å². The number of benzene rings is 3. The first-order valence-corrected chi connectivity index (χ1v) is 12.3. The molecule has 2 heterocycles. The number of ether oxygens (including phenoxy) is 1. The Bertz CT molecular complexity index is 1320. The Kier molecular flexibility index (Phi) is 7.41. The maximum atomic E-state index is 12.7. The maximum Gasteiger partial charge on any atom is 0.255 e. The van der Waals surface area contributed by atoms with Crippen molar-refractivity contribution in [2.45, 2.75) is 6.61 Å². The van der Waals surface area contributed by atoms with E-state index in [0.717, 1.165) is 30.0 Å². The van der Waals surface area contributed by atoms with Crippen LogP contribution in [-0.2, 0) is 6.61 Å². The number of carbonyl (C=O) groups is 2. The topological polar surface area (TPSA) is 74.8 Å². The second-order valence-electron chi connectivity index (χ2n) is 8.82. The molecule has 0 aliphatic carbocycles. The van der Waals surface area contributed by atoms with Crippen LogP contribution < -0.4 is 15.0 Å². The number of nitrogens with one attached hydrogen (secondary N) is 1. The summed E-state index contributed by atoms with van der Waals surface area (Å²) in [7, 11) is 0. The minimum Gasteiger partial charge on any atom is -0.489 e. The number of pyridine rings is 1. The zero-order valence-electron chi connectivity index (χ0n) is 20.4. The van der Waals surface area contributed by atoms with Crippen molar-refractivity contribution >= 4 is 23.2 Å². The van der Waals surface area contributed by atoms with Gasteiger partial charge < -0.3 is 19.9 Å². The number of carbonyl (C=O) groups excluding carboxylic acids is 2. The Morgan fingerprint density at radius 1 is 0.784 bits per heavy atom. The zero-order chi connectivity index (χ0) is 25.5. The van der Waals surface area contributed by atoms with E-state index in [-0.39, 0.29) is 11.8 Å². The molecule has 0 unspecified atom stereocenters. The Morgan fingerprint density at radius 3 is 2.19 bits per heavy atom. The van der Waals surface area contributed by atoms with Crippen LogP contribution in [0, 0.1) is 0 Å². The average molecular weight is 493 g/mol. The molecule has 7 nitrogen and oxygen atoms in total. The summed E-state index contributed by atoms with van der Waals surface area (Å²) in [6.45, 7) is 3.27. The van der Waals surface area contributed by atoms with Gasteiger partial charge in [-0.1, -0.05) is 30.3 Å². The highest BCUT2D eigenvalue weighted by atomic mass is 16.5. The molecular weight excluding hydrogens is 464 g/mol. The standard InChI is InChI=1S/C30H28N4O3/c35-29(24-8-14-28(15-9-24)37-22-23-5-2-1-3-6-23)32-26-10-12-27(13-11-26)33-17-19-34(20-18-33)30(36)25-7-4-16-31-21-25/h1-16,21H,17-20,22H2,(H,32,35). The summed E-state index contributed by atoms with van der Waals surface area (Å²) in [5.41, 5.74) is 4.05. The predicted octanol–water partition coefficient (Wildman–Crippen LogP) is 4.88. The molecule has 1 saturated heterocycles.